The molecule has 0 aromatic heterocycles. The van der Waals surface area contributed by atoms with Crippen molar-refractivity contribution < 1.29 is 0 Å². The predicted octanol–water partition coefficient (Wildman–Crippen LogP) is 3.27. The number of nitrogens with zero attached hydrogens (tertiary/aromatic N) is 2. The average Bonchev–Trinajstić information content (AvgIpc) is 2.55. The van der Waals surface area contributed by atoms with Gasteiger partial charge in [0.1, 0.15) is 0 Å². The van der Waals surface area contributed by atoms with Gasteiger partial charge in [-0.25, -0.2) is 0 Å². The summed E-state index contributed by atoms with van der Waals surface area (Å²) in [4.78, 5) is 5.18. The lowest BCUT2D eigenvalue weighted by molar-refractivity contribution is 0.0404. The lowest BCUT2D eigenvalue weighted by Crippen LogP contribution is -2.50. The predicted molar refractivity (Wildman–Crippen MR) is 86.3 cm³/mol. The fraction of sp³-hybridized carbons (Fsp3) is 0.368. The van der Waals surface area contributed by atoms with E-state index < -0.39 is 0 Å². The highest BCUT2D eigenvalue weighted by atomic mass is 15.3. The lowest BCUT2D eigenvalue weighted by Gasteiger charge is -2.48. The Labute approximate surface area is 127 Å². The zero-order valence-electron chi connectivity index (χ0n) is 12.6. The van der Waals surface area contributed by atoms with E-state index in [0.717, 1.165) is 19.5 Å². The van der Waals surface area contributed by atoms with E-state index in [-0.39, 0.29) is 0 Å². The first-order valence-electron chi connectivity index (χ1n) is 7.90. The van der Waals surface area contributed by atoms with Crippen LogP contribution < -0.4 is 0 Å². The van der Waals surface area contributed by atoms with E-state index in [4.69, 9.17) is 0 Å². The Bertz CT molecular complexity index is 622. The summed E-state index contributed by atoms with van der Waals surface area (Å²) in [5.41, 5.74) is 4.53. The summed E-state index contributed by atoms with van der Waals surface area (Å²) in [6, 6.07) is 21.1. The molecular weight excluding hydrogens is 256 g/mol. The van der Waals surface area contributed by atoms with Crippen LogP contribution in [-0.2, 0) is 6.42 Å². The second kappa shape index (κ2) is 5.28. The van der Waals surface area contributed by atoms with Gasteiger partial charge < -0.3 is 4.90 Å². The molecule has 108 valence electrons. The molecule has 1 fully saturated rings. The third-order valence-corrected chi connectivity index (χ3v) is 5.04. The minimum Gasteiger partial charge on any atom is -0.303 e. The average molecular weight is 278 g/mol. The van der Waals surface area contributed by atoms with E-state index in [2.05, 4.69) is 71.4 Å². The molecule has 0 radical (unpaired) electrons. The molecule has 2 heteroatoms. The van der Waals surface area contributed by atoms with Gasteiger partial charge in [0.2, 0.25) is 0 Å². The van der Waals surface area contributed by atoms with Gasteiger partial charge in [-0.15, -0.1) is 0 Å². The van der Waals surface area contributed by atoms with Gasteiger partial charge in [0.15, 0.2) is 0 Å². The molecule has 0 spiro atoms. The van der Waals surface area contributed by atoms with Gasteiger partial charge >= 0.3 is 0 Å². The summed E-state index contributed by atoms with van der Waals surface area (Å²) in [6.07, 6.45) is 1.14. The van der Waals surface area contributed by atoms with Crippen molar-refractivity contribution in [2.75, 3.05) is 26.7 Å². The second-order valence-corrected chi connectivity index (χ2v) is 6.35. The van der Waals surface area contributed by atoms with Gasteiger partial charge in [-0.3, -0.25) is 4.90 Å². The summed E-state index contributed by atoms with van der Waals surface area (Å²) in [6.45, 7) is 3.47. The topological polar surface area (TPSA) is 6.48 Å². The molecule has 0 bridgehead atoms. The fourth-order valence-corrected chi connectivity index (χ4v) is 3.94. The molecule has 2 aliphatic rings. The van der Waals surface area contributed by atoms with Crippen molar-refractivity contribution >= 4 is 0 Å². The molecular formula is C19H22N2. The molecule has 1 saturated heterocycles. The maximum Gasteiger partial charge on any atom is 0.0484 e. The van der Waals surface area contributed by atoms with Crippen LogP contribution in [0.2, 0.25) is 0 Å². The minimum atomic E-state index is 0.528. The fourth-order valence-electron chi connectivity index (χ4n) is 3.94. The molecule has 4 rings (SSSR count). The third-order valence-electron chi connectivity index (χ3n) is 5.04. The molecule has 0 aliphatic carbocycles. The van der Waals surface area contributed by atoms with Crippen molar-refractivity contribution in [3.63, 3.8) is 0 Å². The molecule has 2 aromatic rings. The summed E-state index contributed by atoms with van der Waals surface area (Å²) < 4.78 is 0. The van der Waals surface area contributed by atoms with Crippen molar-refractivity contribution in [1.82, 2.24) is 9.80 Å². The second-order valence-electron chi connectivity index (χ2n) is 6.35. The van der Waals surface area contributed by atoms with E-state index in [1.54, 1.807) is 0 Å². The van der Waals surface area contributed by atoms with Crippen molar-refractivity contribution in [1.29, 1.82) is 0 Å². The monoisotopic (exact) mass is 278 g/mol. The number of likely N-dealkylation sites (N-methyl/N-ethyl adjacent to an activating group) is 1. The standard InChI is InChI=1S/C19H22N2/c1-20-11-12-21-18(15-7-3-2-4-8-15)13-16-9-5-6-10-17(16)19(21)14-20/h2-10,18-19H,11-14H2,1H3/t18-,19-/m1/s1. The van der Waals surface area contributed by atoms with Gasteiger partial charge in [-0.1, -0.05) is 54.6 Å². The van der Waals surface area contributed by atoms with Crippen LogP contribution in [0.15, 0.2) is 54.6 Å². The van der Waals surface area contributed by atoms with Gasteiger partial charge in [0.25, 0.3) is 0 Å². The first-order valence-corrected chi connectivity index (χ1v) is 7.90. The van der Waals surface area contributed by atoms with Crippen LogP contribution in [0.5, 0.6) is 0 Å². The van der Waals surface area contributed by atoms with Crippen LogP contribution in [0, 0.1) is 0 Å². The number of piperazine rings is 1. The molecule has 0 unspecified atom stereocenters. The molecule has 2 nitrogen and oxygen atoms in total. The molecule has 2 aliphatic heterocycles. The van der Waals surface area contributed by atoms with Gasteiger partial charge in [-0.2, -0.15) is 0 Å². The number of rotatable bonds is 1. The van der Waals surface area contributed by atoms with E-state index in [0.29, 0.717) is 12.1 Å². The van der Waals surface area contributed by atoms with E-state index in [1.165, 1.54) is 23.2 Å². The van der Waals surface area contributed by atoms with Gasteiger partial charge in [-0.05, 0) is 30.2 Å². The van der Waals surface area contributed by atoms with Crippen molar-refractivity contribution in [3.05, 3.63) is 71.3 Å². The summed E-state index contributed by atoms with van der Waals surface area (Å²) in [7, 11) is 2.24. The highest BCUT2D eigenvalue weighted by Gasteiger charge is 2.37. The van der Waals surface area contributed by atoms with Crippen molar-refractivity contribution in [2.45, 2.75) is 18.5 Å². The number of benzene rings is 2. The molecule has 0 N–H and O–H groups in total. The van der Waals surface area contributed by atoms with Crippen LogP contribution in [0.3, 0.4) is 0 Å². The van der Waals surface area contributed by atoms with Crippen LogP contribution in [0.1, 0.15) is 28.8 Å². The number of fused-ring (bicyclic) bond motifs is 3. The molecule has 21 heavy (non-hydrogen) atoms. The van der Waals surface area contributed by atoms with E-state index in [9.17, 15) is 0 Å². The Kier molecular flexibility index (Phi) is 3.28. The number of hydrogen-bond donors (Lipinski definition) is 0. The zero-order valence-corrected chi connectivity index (χ0v) is 12.6. The number of hydrogen-bond acceptors (Lipinski definition) is 2. The maximum absolute atomic E-state index is 2.72. The highest BCUT2D eigenvalue weighted by Crippen LogP contribution is 2.41. The Balaban J connectivity index is 1.77. The molecule has 2 heterocycles. The summed E-state index contributed by atoms with van der Waals surface area (Å²) in [5, 5.41) is 0. The Hall–Kier alpha value is -1.64. The van der Waals surface area contributed by atoms with Gasteiger partial charge in [0.05, 0.1) is 0 Å². The van der Waals surface area contributed by atoms with Crippen molar-refractivity contribution in [3.8, 4) is 0 Å². The van der Waals surface area contributed by atoms with Crippen LogP contribution in [-0.4, -0.2) is 36.5 Å². The lowest BCUT2D eigenvalue weighted by atomic mass is 9.84. The third kappa shape index (κ3) is 2.29. The van der Waals surface area contributed by atoms with Crippen LogP contribution in [0.4, 0.5) is 0 Å². The summed E-state index contributed by atoms with van der Waals surface area (Å²) >= 11 is 0. The molecule has 0 saturated carbocycles. The summed E-state index contributed by atoms with van der Waals surface area (Å²) in [5.74, 6) is 0. The normalized spacial score (nSPS) is 26.1. The van der Waals surface area contributed by atoms with E-state index in [1.807, 2.05) is 0 Å². The van der Waals surface area contributed by atoms with E-state index >= 15 is 0 Å². The quantitative estimate of drug-likeness (QED) is 0.790. The Morgan fingerprint density at radius 1 is 0.857 bits per heavy atom. The Morgan fingerprint density at radius 3 is 2.48 bits per heavy atom. The molecule has 2 aromatic carbocycles. The largest absolute Gasteiger partial charge is 0.303 e. The minimum absolute atomic E-state index is 0.528. The Morgan fingerprint density at radius 2 is 1.62 bits per heavy atom. The smallest absolute Gasteiger partial charge is 0.0484 e. The van der Waals surface area contributed by atoms with Crippen LogP contribution >= 0.6 is 0 Å². The van der Waals surface area contributed by atoms with Gasteiger partial charge in [0, 0.05) is 31.7 Å². The molecule has 0 amide bonds. The first-order chi connectivity index (χ1) is 10.3. The zero-order chi connectivity index (χ0) is 14.2. The SMILES string of the molecule is CN1CCN2[C@@H](c3ccccc3)Cc3ccccc3[C@H]2C1. The highest BCUT2D eigenvalue weighted by molar-refractivity contribution is 5.36. The maximum atomic E-state index is 2.72. The molecule has 2 atom stereocenters. The first kappa shape index (κ1) is 13.1. The van der Waals surface area contributed by atoms with Crippen LogP contribution in [0.25, 0.3) is 0 Å². The van der Waals surface area contributed by atoms with Crippen molar-refractivity contribution in [2.24, 2.45) is 0 Å².